The van der Waals surface area contributed by atoms with Crippen LogP contribution in [0, 0.1) is 0 Å². The molecule has 0 aliphatic carbocycles. The van der Waals surface area contributed by atoms with Crippen molar-refractivity contribution in [2.24, 2.45) is 0 Å². The van der Waals surface area contributed by atoms with E-state index in [2.05, 4.69) is 25.9 Å². The molecule has 0 aliphatic heterocycles. The molecule has 2 nitrogen and oxygen atoms in total. The average molecular weight is 270 g/mol. The molecule has 1 heterocycles. The van der Waals surface area contributed by atoms with Crippen LogP contribution in [0.4, 0.5) is 0 Å². The molecule has 0 fully saturated rings. The topological polar surface area (TPSA) is 25.8 Å². The SMILES string of the molecule is Clc1nccc(-c2cccc(Br)c2)n1. The van der Waals surface area contributed by atoms with E-state index in [0.29, 0.717) is 0 Å². The summed E-state index contributed by atoms with van der Waals surface area (Å²) in [6.07, 6.45) is 1.64. The first-order chi connectivity index (χ1) is 6.75. The van der Waals surface area contributed by atoms with Gasteiger partial charge < -0.3 is 0 Å². The second kappa shape index (κ2) is 4.07. The summed E-state index contributed by atoms with van der Waals surface area (Å²) in [5, 5.41) is 0.266. The van der Waals surface area contributed by atoms with Gasteiger partial charge in [-0.05, 0) is 29.8 Å². The van der Waals surface area contributed by atoms with Crippen molar-refractivity contribution in [1.29, 1.82) is 0 Å². The molecule has 2 aromatic rings. The minimum Gasteiger partial charge on any atom is -0.226 e. The average Bonchev–Trinajstić information content (AvgIpc) is 2.18. The largest absolute Gasteiger partial charge is 0.226 e. The van der Waals surface area contributed by atoms with Crippen LogP contribution in [0.15, 0.2) is 41.0 Å². The molecule has 2 rings (SSSR count). The summed E-state index contributed by atoms with van der Waals surface area (Å²) in [5.41, 5.74) is 1.84. The number of aromatic nitrogens is 2. The van der Waals surface area contributed by atoms with Gasteiger partial charge in [0.1, 0.15) is 0 Å². The van der Waals surface area contributed by atoms with Crippen LogP contribution >= 0.6 is 27.5 Å². The third-order valence-corrected chi connectivity index (χ3v) is 2.42. The van der Waals surface area contributed by atoms with Crippen molar-refractivity contribution in [3.05, 3.63) is 46.3 Å². The Kier molecular flexibility index (Phi) is 2.79. The molecule has 0 atom stereocenters. The lowest BCUT2D eigenvalue weighted by Crippen LogP contribution is -1.85. The van der Waals surface area contributed by atoms with Crippen molar-refractivity contribution in [3.8, 4) is 11.3 Å². The molecular weight excluding hydrogens is 263 g/mol. The van der Waals surface area contributed by atoms with E-state index in [0.717, 1.165) is 15.7 Å². The summed E-state index contributed by atoms with van der Waals surface area (Å²) in [4.78, 5) is 7.95. The Hall–Kier alpha value is -0.930. The molecule has 1 aromatic carbocycles. The molecule has 0 unspecified atom stereocenters. The number of rotatable bonds is 1. The van der Waals surface area contributed by atoms with E-state index in [9.17, 15) is 0 Å². The van der Waals surface area contributed by atoms with Gasteiger partial charge in [0.15, 0.2) is 0 Å². The van der Waals surface area contributed by atoms with E-state index in [1.54, 1.807) is 6.20 Å². The zero-order chi connectivity index (χ0) is 9.97. The Morgan fingerprint density at radius 3 is 2.79 bits per heavy atom. The van der Waals surface area contributed by atoms with E-state index in [1.165, 1.54) is 0 Å². The maximum absolute atomic E-state index is 5.70. The predicted octanol–water partition coefficient (Wildman–Crippen LogP) is 3.56. The molecule has 0 spiro atoms. The molecular formula is C10H6BrClN2. The Morgan fingerprint density at radius 1 is 1.21 bits per heavy atom. The lowest BCUT2D eigenvalue weighted by atomic mass is 10.1. The number of hydrogen-bond donors (Lipinski definition) is 0. The van der Waals surface area contributed by atoms with Gasteiger partial charge in [-0.2, -0.15) is 0 Å². The minimum atomic E-state index is 0.266. The van der Waals surface area contributed by atoms with Crippen LogP contribution in [0.25, 0.3) is 11.3 Å². The Labute approximate surface area is 95.1 Å². The van der Waals surface area contributed by atoms with Crippen LogP contribution < -0.4 is 0 Å². The summed E-state index contributed by atoms with van der Waals surface area (Å²) in [6, 6.07) is 9.71. The van der Waals surface area contributed by atoms with Crippen LogP contribution in [-0.2, 0) is 0 Å². The third kappa shape index (κ3) is 2.11. The molecule has 4 heteroatoms. The van der Waals surface area contributed by atoms with Crippen molar-refractivity contribution in [1.82, 2.24) is 9.97 Å². The maximum Gasteiger partial charge on any atom is 0.222 e. The second-order valence-electron chi connectivity index (χ2n) is 2.72. The summed E-state index contributed by atoms with van der Waals surface area (Å²) < 4.78 is 1.02. The fraction of sp³-hybridized carbons (Fsp3) is 0. The molecule has 1 aromatic heterocycles. The van der Waals surface area contributed by atoms with Crippen LogP contribution in [-0.4, -0.2) is 9.97 Å². The van der Waals surface area contributed by atoms with Crippen molar-refractivity contribution in [2.45, 2.75) is 0 Å². The first-order valence-electron chi connectivity index (χ1n) is 4.00. The van der Waals surface area contributed by atoms with Gasteiger partial charge in [-0.15, -0.1) is 0 Å². The Morgan fingerprint density at radius 2 is 2.07 bits per heavy atom. The van der Waals surface area contributed by atoms with Crippen molar-refractivity contribution in [3.63, 3.8) is 0 Å². The van der Waals surface area contributed by atoms with Gasteiger partial charge in [0.25, 0.3) is 0 Å². The molecule has 0 N–H and O–H groups in total. The lowest BCUT2D eigenvalue weighted by molar-refractivity contribution is 1.17. The standard InChI is InChI=1S/C10H6BrClN2/c11-8-3-1-2-7(6-8)9-4-5-13-10(12)14-9/h1-6H. The second-order valence-corrected chi connectivity index (χ2v) is 3.97. The van der Waals surface area contributed by atoms with E-state index in [1.807, 2.05) is 30.3 Å². The number of hydrogen-bond acceptors (Lipinski definition) is 2. The third-order valence-electron chi connectivity index (χ3n) is 1.75. The molecule has 0 saturated carbocycles. The molecule has 0 bridgehead atoms. The van der Waals surface area contributed by atoms with Crippen molar-refractivity contribution >= 4 is 27.5 Å². The predicted molar refractivity (Wildman–Crippen MR) is 60.2 cm³/mol. The first-order valence-corrected chi connectivity index (χ1v) is 5.17. The normalized spacial score (nSPS) is 10.1. The molecule has 0 saturated heterocycles. The van der Waals surface area contributed by atoms with E-state index in [4.69, 9.17) is 11.6 Å². The van der Waals surface area contributed by atoms with Gasteiger partial charge in [-0.3, -0.25) is 0 Å². The summed E-state index contributed by atoms with van der Waals surface area (Å²) in [6.45, 7) is 0. The Bertz CT molecular complexity index is 416. The number of halogens is 2. The molecule has 14 heavy (non-hydrogen) atoms. The highest BCUT2D eigenvalue weighted by Crippen LogP contribution is 2.21. The zero-order valence-corrected chi connectivity index (χ0v) is 9.46. The fourth-order valence-electron chi connectivity index (χ4n) is 1.14. The van der Waals surface area contributed by atoms with Crippen LogP contribution in [0.1, 0.15) is 0 Å². The van der Waals surface area contributed by atoms with Gasteiger partial charge >= 0.3 is 0 Å². The minimum absolute atomic E-state index is 0.266. The molecule has 0 radical (unpaired) electrons. The van der Waals surface area contributed by atoms with Gasteiger partial charge in [0.05, 0.1) is 5.69 Å². The van der Waals surface area contributed by atoms with Crippen molar-refractivity contribution < 1.29 is 0 Å². The lowest BCUT2D eigenvalue weighted by Gasteiger charge is -2.00. The van der Waals surface area contributed by atoms with E-state index >= 15 is 0 Å². The monoisotopic (exact) mass is 268 g/mol. The summed E-state index contributed by atoms with van der Waals surface area (Å²) in [5.74, 6) is 0. The summed E-state index contributed by atoms with van der Waals surface area (Å²) in [7, 11) is 0. The first kappa shape index (κ1) is 9.62. The maximum atomic E-state index is 5.70. The van der Waals surface area contributed by atoms with Crippen LogP contribution in [0.3, 0.4) is 0 Å². The highest BCUT2D eigenvalue weighted by Gasteiger charge is 2.00. The highest BCUT2D eigenvalue weighted by atomic mass is 79.9. The van der Waals surface area contributed by atoms with E-state index in [-0.39, 0.29) is 5.28 Å². The highest BCUT2D eigenvalue weighted by molar-refractivity contribution is 9.10. The molecule has 70 valence electrons. The quantitative estimate of drug-likeness (QED) is 0.740. The molecule has 0 aliphatic rings. The van der Waals surface area contributed by atoms with E-state index < -0.39 is 0 Å². The van der Waals surface area contributed by atoms with Gasteiger partial charge in [-0.25, -0.2) is 9.97 Å². The Balaban J connectivity index is 2.49. The fourth-order valence-corrected chi connectivity index (χ4v) is 1.69. The van der Waals surface area contributed by atoms with Crippen LogP contribution in [0.5, 0.6) is 0 Å². The zero-order valence-electron chi connectivity index (χ0n) is 7.11. The smallest absolute Gasteiger partial charge is 0.222 e. The van der Waals surface area contributed by atoms with Gasteiger partial charge in [0, 0.05) is 16.2 Å². The van der Waals surface area contributed by atoms with Crippen molar-refractivity contribution in [2.75, 3.05) is 0 Å². The molecule has 0 amide bonds. The summed E-state index contributed by atoms with van der Waals surface area (Å²) >= 11 is 9.10. The van der Waals surface area contributed by atoms with Gasteiger partial charge in [0.2, 0.25) is 5.28 Å². The van der Waals surface area contributed by atoms with Gasteiger partial charge in [-0.1, -0.05) is 28.1 Å². The number of benzene rings is 1. The van der Waals surface area contributed by atoms with Crippen LogP contribution in [0.2, 0.25) is 5.28 Å². The number of nitrogens with zero attached hydrogens (tertiary/aromatic N) is 2.